The lowest BCUT2D eigenvalue weighted by molar-refractivity contribution is 0.100. The van der Waals surface area contributed by atoms with Crippen LogP contribution in [0, 0.1) is 5.92 Å². The molecule has 0 spiro atoms. The summed E-state index contributed by atoms with van der Waals surface area (Å²) in [5, 5.41) is 0. The van der Waals surface area contributed by atoms with Crippen LogP contribution in [-0.4, -0.2) is 73.1 Å². The van der Waals surface area contributed by atoms with Crippen molar-refractivity contribution in [3.63, 3.8) is 0 Å². The summed E-state index contributed by atoms with van der Waals surface area (Å²) in [4.78, 5) is 7.95. The smallest absolute Gasteiger partial charge is 0.0236 e. The Balaban J connectivity index is 0.000000861. The van der Waals surface area contributed by atoms with Gasteiger partial charge in [0.25, 0.3) is 0 Å². The van der Waals surface area contributed by atoms with Gasteiger partial charge in [-0.15, -0.1) is 0 Å². The van der Waals surface area contributed by atoms with Gasteiger partial charge in [-0.05, 0) is 25.4 Å². The van der Waals surface area contributed by atoms with E-state index >= 15 is 0 Å². The summed E-state index contributed by atoms with van der Waals surface area (Å²) >= 11 is 0. The Morgan fingerprint density at radius 3 is 2.11 bits per heavy atom. The van der Waals surface area contributed by atoms with E-state index in [2.05, 4.69) is 35.5 Å². The number of nitrogens with zero attached hydrogens (tertiary/aromatic N) is 3. The first-order valence-electron chi connectivity index (χ1n) is 8.37. The molecule has 0 aliphatic carbocycles. The Morgan fingerprint density at radius 1 is 0.947 bits per heavy atom. The van der Waals surface area contributed by atoms with Gasteiger partial charge in [0.1, 0.15) is 0 Å². The van der Waals surface area contributed by atoms with Crippen molar-refractivity contribution >= 4 is 0 Å². The molecule has 0 N–H and O–H groups in total. The first-order chi connectivity index (χ1) is 9.19. The molecule has 2 aliphatic heterocycles. The molecular weight excluding hydrogens is 234 g/mol. The topological polar surface area (TPSA) is 9.72 Å². The lowest BCUT2D eigenvalue weighted by Gasteiger charge is -2.37. The zero-order chi connectivity index (χ0) is 14.3. The minimum atomic E-state index is 0.811. The quantitative estimate of drug-likeness (QED) is 0.776. The number of likely N-dealkylation sites (tertiary alicyclic amines) is 1. The van der Waals surface area contributed by atoms with Crippen LogP contribution in [-0.2, 0) is 0 Å². The lowest BCUT2D eigenvalue weighted by atomic mass is 10.2. The first kappa shape index (κ1) is 16.9. The van der Waals surface area contributed by atoms with Crippen molar-refractivity contribution in [3.05, 3.63) is 0 Å². The standard InChI is InChI=1S/C14H29N3.C2H6/c1-4-15-7-9-17(10-8-15)14-5-6-16(12-14)11-13(2)3;1-2/h13-14H,4-12H2,1-3H3;1-2H3. The number of hydrogen-bond donors (Lipinski definition) is 0. The predicted octanol–water partition coefficient (Wildman–Crippen LogP) is 2.38. The third kappa shape index (κ3) is 5.41. The summed E-state index contributed by atoms with van der Waals surface area (Å²) < 4.78 is 0. The third-order valence-electron chi connectivity index (χ3n) is 4.24. The van der Waals surface area contributed by atoms with Gasteiger partial charge < -0.3 is 9.80 Å². The summed E-state index contributed by atoms with van der Waals surface area (Å²) in [6.45, 7) is 21.2. The molecule has 0 saturated carbocycles. The molecule has 0 aromatic heterocycles. The second kappa shape index (κ2) is 8.93. The zero-order valence-corrected chi connectivity index (χ0v) is 13.9. The molecule has 1 atom stereocenters. The highest BCUT2D eigenvalue weighted by atomic mass is 15.3. The molecule has 2 heterocycles. The highest BCUT2D eigenvalue weighted by Crippen LogP contribution is 2.18. The molecule has 0 radical (unpaired) electrons. The molecule has 3 heteroatoms. The molecule has 0 aromatic rings. The summed E-state index contributed by atoms with van der Waals surface area (Å²) in [7, 11) is 0. The van der Waals surface area contributed by atoms with Crippen molar-refractivity contribution in [2.75, 3.05) is 52.4 Å². The molecule has 114 valence electrons. The fraction of sp³-hybridized carbons (Fsp3) is 1.00. The van der Waals surface area contributed by atoms with Crippen molar-refractivity contribution in [2.45, 2.75) is 47.1 Å². The van der Waals surface area contributed by atoms with E-state index in [0.717, 1.165) is 12.0 Å². The molecular formula is C16H35N3. The lowest BCUT2D eigenvalue weighted by Crippen LogP contribution is -2.50. The van der Waals surface area contributed by atoms with Crippen molar-refractivity contribution in [1.29, 1.82) is 0 Å². The number of hydrogen-bond acceptors (Lipinski definition) is 3. The van der Waals surface area contributed by atoms with Gasteiger partial charge in [0.15, 0.2) is 0 Å². The van der Waals surface area contributed by atoms with E-state index in [9.17, 15) is 0 Å². The van der Waals surface area contributed by atoms with Crippen LogP contribution in [0.5, 0.6) is 0 Å². The number of piperazine rings is 1. The normalized spacial score (nSPS) is 26.5. The van der Waals surface area contributed by atoms with E-state index in [1.54, 1.807) is 0 Å². The van der Waals surface area contributed by atoms with Gasteiger partial charge in [-0.3, -0.25) is 4.90 Å². The predicted molar refractivity (Wildman–Crippen MR) is 84.7 cm³/mol. The van der Waals surface area contributed by atoms with Crippen LogP contribution < -0.4 is 0 Å². The maximum atomic E-state index is 2.73. The average molecular weight is 269 g/mol. The third-order valence-corrected chi connectivity index (χ3v) is 4.24. The van der Waals surface area contributed by atoms with E-state index < -0.39 is 0 Å². The molecule has 2 saturated heterocycles. The highest BCUT2D eigenvalue weighted by molar-refractivity contribution is 4.86. The maximum absolute atomic E-state index is 2.73. The molecule has 2 fully saturated rings. The number of rotatable bonds is 4. The fourth-order valence-electron chi connectivity index (χ4n) is 3.24. The second-order valence-electron chi connectivity index (χ2n) is 6.07. The van der Waals surface area contributed by atoms with E-state index in [1.165, 1.54) is 58.8 Å². The summed E-state index contributed by atoms with van der Waals surface area (Å²) in [5.74, 6) is 0.811. The molecule has 0 aromatic carbocycles. The molecule has 1 unspecified atom stereocenters. The SMILES string of the molecule is CC.CCN1CCN(C2CCN(CC(C)C)C2)CC1. The Bertz CT molecular complexity index is 222. The molecule has 2 aliphatic rings. The number of likely N-dealkylation sites (N-methyl/N-ethyl adjacent to an activating group) is 1. The molecule has 3 nitrogen and oxygen atoms in total. The van der Waals surface area contributed by atoms with Gasteiger partial charge in [0.2, 0.25) is 0 Å². The van der Waals surface area contributed by atoms with Crippen LogP contribution in [0.4, 0.5) is 0 Å². The second-order valence-corrected chi connectivity index (χ2v) is 6.07. The van der Waals surface area contributed by atoms with Crippen LogP contribution >= 0.6 is 0 Å². The van der Waals surface area contributed by atoms with Gasteiger partial charge in [-0.1, -0.05) is 34.6 Å². The average Bonchev–Trinajstić information content (AvgIpc) is 2.89. The van der Waals surface area contributed by atoms with Crippen LogP contribution in [0.25, 0.3) is 0 Å². The highest BCUT2D eigenvalue weighted by Gasteiger charge is 2.29. The molecule has 2 rings (SSSR count). The van der Waals surface area contributed by atoms with Crippen LogP contribution in [0.2, 0.25) is 0 Å². The van der Waals surface area contributed by atoms with Gasteiger partial charge in [-0.2, -0.15) is 0 Å². The van der Waals surface area contributed by atoms with Gasteiger partial charge in [-0.25, -0.2) is 0 Å². The summed E-state index contributed by atoms with van der Waals surface area (Å²) in [6.07, 6.45) is 1.39. The van der Waals surface area contributed by atoms with Gasteiger partial charge in [0.05, 0.1) is 0 Å². The first-order valence-corrected chi connectivity index (χ1v) is 8.37. The summed E-state index contributed by atoms with van der Waals surface area (Å²) in [6, 6.07) is 0.841. The van der Waals surface area contributed by atoms with Crippen LogP contribution in [0.3, 0.4) is 0 Å². The van der Waals surface area contributed by atoms with Crippen molar-refractivity contribution in [2.24, 2.45) is 5.92 Å². The van der Waals surface area contributed by atoms with E-state index in [0.29, 0.717) is 0 Å². The van der Waals surface area contributed by atoms with Gasteiger partial charge in [0, 0.05) is 45.3 Å². The Morgan fingerprint density at radius 2 is 1.58 bits per heavy atom. The van der Waals surface area contributed by atoms with E-state index in [4.69, 9.17) is 0 Å². The largest absolute Gasteiger partial charge is 0.301 e. The van der Waals surface area contributed by atoms with Crippen molar-refractivity contribution < 1.29 is 0 Å². The van der Waals surface area contributed by atoms with Crippen LogP contribution in [0.1, 0.15) is 41.0 Å². The zero-order valence-electron chi connectivity index (χ0n) is 13.9. The minimum absolute atomic E-state index is 0.811. The van der Waals surface area contributed by atoms with E-state index in [1.807, 2.05) is 13.8 Å². The van der Waals surface area contributed by atoms with E-state index in [-0.39, 0.29) is 0 Å². The Hall–Kier alpha value is -0.120. The summed E-state index contributed by atoms with van der Waals surface area (Å²) in [5.41, 5.74) is 0. The fourth-order valence-corrected chi connectivity index (χ4v) is 3.24. The molecule has 19 heavy (non-hydrogen) atoms. The minimum Gasteiger partial charge on any atom is -0.301 e. The molecule has 0 amide bonds. The Labute approximate surface area is 120 Å². The monoisotopic (exact) mass is 269 g/mol. The van der Waals surface area contributed by atoms with Gasteiger partial charge >= 0.3 is 0 Å². The van der Waals surface area contributed by atoms with Crippen molar-refractivity contribution in [3.8, 4) is 0 Å². The van der Waals surface area contributed by atoms with Crippen LogP contribution in [0.15, 0.2) is 0 Å². The maximum Gasteiger partial charge on any atom is 0.0236 e. The Kier molecular flexibility index (Phi) is 7.96. The molecule has 0 bridgehead atoms. The van der Waals surface area contributed by atoms with Crippen molar-refractivity contribution in [1.82, 2.24) is 14.7 Å².